The molecule has 0 spiro atoms. The van der Waals surface area contributed by atoms with Crippen molar-refractivity contribution in [3.63, 3.8) is 0 Å². The summed E-state index contributed by atoms with van der Waals surface area (Å²) in [5, 5.41) is 6.38. The summed E-state index contributed by atoms with van der Waals surface area (Å²) in [6, 6.07) is 8.85. The molecule has 0 aliphatic carbocycles. The third kappa shape index (κ3) is 3.97. The molecule has 1 aromatic carbocycles. The molecule has 1 aliphatic rings. The minimum absolute atomic E-state index is 0.0249. The fraction of sp³-hybridized carbons (Fsp3) is 0.412. The monoisotopic (exact) mass is 334 g/mol. The Morgan fingerprint density at radius 1 is 1.17 bits per heavy atom. The molecule has 7 heteroatoms. The van der Waals surface area contributed by atoms with Gasteiger partial charge < -0.3 is 5.32 Å². The van der Waals surface area contributed by atoms with E-state index in [0.29, 0.717) is 10.4 Å². The van der Waals surface area contributed by atoms with Crippen LogP contribution in [0.4, 0.5) is 14.5 Å². The number of para-hydroxylation sites is 1. The highest BCUT2D eigenvalue weighted by atomic mass is 19.3. The van der Waals surface area contributed by atoms with E-state index in [9.17, 15) is 13.6 Å². The number of anilines is 1. The molecule has 5 nitrogen and oxygen atoms in total. The van der Waals surface area contributed by atoms with Crippen LogP contribution in [-0.2, 0) is 6.54 Å². The zero-order valence-corrected chi connectivity index (χ0v) is 13.3. The van der Waals surface area contributed by atoms with E-state index >= 15 is 0 Å². The second-order valence-electron chi connectivity index (χ2n) is 5.91. The van der Waals surface area contributed by atoms with Gasteiger partial charge in [-0.2, -0.15) is 13.9 Å². The maximum absolute atomic E-state index is 12.6. The van der Waals surface area contributed by atoms with E-state index in [0.717, 1.165) is 31.4 Å². The van der Waals surface area contributed by atoms with Crippen molar-refractivity contribution >= 4 is 11.6 Å². The van der Waals surface area contributed by atoms with Crippen LogP contribution in [0.1, 0.15) is 41.9 Å². The summed E-state index contributed by atoms with van der Waals surface area (Å²) in [4.78, 5) is 14.6. The van der Waals surface area contributed by atoms with Crippen LogP contribution in [0.5, 0.6) is 0 Å². The molecule has 0 unspecified atom stereocenters. The third-order valence-electron chi connectivity index (χ3n) is 4.15. The van der Waals surface area contributed by atoms with Gasteiger partial charge in [-0.3, -0.25) is 9.69 Å². The van der Waals surface area contributed by atoms with Gasteiger partial charge in [-0.25, -0.2) is 4.68 Å². The summed E-state index contributed by atoms with van der Waals surface area (Å²) in [5.41, 5.74) is 1.68. The average Bonchev–Trinajstić information content (AvgIpc) is 3.08. The first-order chi connectivity index (χ1) is 11.6. The van der Waals surface area contributed by atoms with Crippen LogP contribution >= 0.6 is 0 Å². The molecule has 128 valence electrons. The fourth-order valence-corrected chi connectivity index (χ4v) is 2.89. The van der Waals surface area contributed by atoms with Gasteiger partial charge >= 0.3 is 6.55 Å². The van der Waals surface area contributed by atoms with Gasteiger partial charge in [0, 0.05) is 18.4 Å². The SMILES string of the molecule is O=C(Nc1ccccc1CN1CCCCC1)c1ccn(C(F)F)n1. The number of carbonyl (C=O) groups excluding carboxylic acids is 1. The van der Waals surface area contributed by atoms with Crippen molar-refractivity contribution in [1.82, 2.24) is 14.7 Å². The average molecular weight is 334 g/mol. The Kier molecular flexibility index (Phi) is 5.20. The van der Waals surface area contributed by atoms with Crippen molar-refractivity contribution in [2.24, 2.45) is 0 Å². The maximum atomic E-state index is 12.6. The van der Waals surface area contributed by atoms with E-state index in [4.69, 9.17) is 0 Å². The predicted octanol–water partition coefficient (Wildman–Crippen LogP) is 3.52. The molecular formula is C17H20F2N4O. The lowest BCUT2D eigenvalue weighted by Gasteiger charge is -2.27. The largest absolute Gasteiger partial charge is 0.333 e. The van der Waals surface area contributed by atoms with Gasteiger partial charge in [0.1, 0.15) is 0 Å². The number of amides is 1. The number of piperidine rings is 1. The molecular weight excluding hydrogens is 314 g/mol. The van der Waals surface area contributed by atoms with Crippen molar-refractivity contribution in [3.8, 4) is 0 Å². The van der Waals surface area contributed by atoms with Crippen molar-refractivity contribution in [1.29, 1.82) is 0 Å². The summed E-state index contributed by atoms with van der Waals surface area (Å²) in [7, 11) is 0. The smallest absolute Gasteiger partial charge is 0.320 e. The number of carbonyl (C=O) groups is 1. The number of likely N-dealkylation sites (tertiary alicyclic amines) is 1. The number of nitrogens with zero attached hydrogens (tertiary/aromatic N) is 3. The lowest BCUT2D eigenvalue weighted by atomic mass is 10.1. The summed E-state index contributed by atoms with van der Waals surface area (Å²) >= 11 is 0. The van der Waals surface area contributed by atoms with Crippen LogP contribution in [0.2, 0.25) is 0 Å². The summed E-state index contributed by atoms with van der Waals surface area (Å²) in [5.74, 6) is -0.486. The molecule has 2 heterocycles. The molecule has 1 amide bonds. The molecule has 1 saturated heterocycles. The standard InChI is InChI=1S/C17H20F2N4O/c18-17(19)23-11-8-15(21-23)16(24)20-14-7-3-2-6-13(14)12-22-9-4-1-5-10-22/h2-3,6-8,11,17H,1,4-5,9-10,12H2,(H,20,24). The van der Waals surface area contributed by atoms with Gasteiger partial charge in [0.2, 0.25) is 0 Å². The first-order valence-corrected chi connectivity index (χ1v) is 8.08. The number of halogens is 2. The molecule has 1 N–H and O–H groups in total. The highest BCUT2D eigenvalue weighted by Gasteiger charge is 2.16. The van der Waals surface area contributed by atoms with Gasteiger partial charge in [0.15, 0.2) is 5.69 Å². The summed E-state index contributed by atoms with van der Waals surface area (Å²) < 4.78 is 25.6. The number of aromatic nitrogens is 2. The van der Waals surface area contributed by atoms with Gasteiger partial charge in [-0.05, 0) is 43.6 Å². The second kappa shape index (κ2) is 7.53. The minimum Gasteiger partial charge on any atom is -0.320 e. The van der Waals surface area contributed by atoms with E-state index in [2.05, 4.69) is 15.3 Å². The van der Waals surface area contributed by atoms with Crippen molar-refractivity contribution in [3.05, 3.63) is 47.8 Å². The molecule has 1 aliphatic heterocycles. The lowest BCUT2D eigenvalue weighted by molar-refractivity contribution is 0.0561. The number of nitrogens with one attached hydrogen (secondary N) is 1. The van der Waals surface area contributed by atoms with E-state index in [1.807, 2.05) is 24.3 Å². The van der Waals surface area contributed by atoms with Crippen LogP contribution in [-0.4, -0.2) is 33.7 Å². The summed E-state index contributed by atoms with van der Waals surface area (Å²) in [6.45, 7) is 0.127. The minimum atomic E-state index is -2.75. The zero-order valence-electron chi connectivity index (χ0n) is 13.3. The Morgan fingerprint density at radius 2 is 1.92 bits per heavy atom. The third-order valence-corrected chi connectivity index (χ3v) is 4.15. The van der Waals surface area contributed by atoms with E-state index in [-0.39, 0.29) is 5.69 Å². The normalized spacial score (nSPS) is 15.6. The number of hydrogen-bond donors (Lipinski definition) is 1. The molecule has 0 radical (unpaired) electrons. The number of benzene rings is 1. The molecule has 0 saturated carbocycles. The van der Waals surface area contributed by atoms with Crippen LogP contribution < -0.4 is 5.32 Å². The first kappa shape index (κ1) is 16.6. The maximum Gasteiger partial charge on any atom is 0.333 e. The van der Waals surface area contributed by atoms with Crippen LogP contribution in [0.15, 0.2) is 36.5 Å². The van der Waals surface area contributed by atoms with Gasteiger partial charge in [-0.15, -0.1) is 0 Å². The lowest BCUT2D eigenvalue weighted by Crippen LogP contribution is -2.29. The van der Waals surface area contributed by atoms with Crippen LogP contribution in [0.3, 0.4) is 0 Å². The Labute approximate surface area is 139 Å². The Balaban J connectivity index is 1.70. The molecule has 0 atom stereocenters. The Bertz CT molecular complexity index is 695. The predicted molar refractivity (Wildman–Crippen MR) is 87.0 cm³/mol. The topological polar surface area (TPSA) is 50.2 Å². The highest BCUT2D eigenvalue weighted by Crippen LogP contribution is 2.20. The molecule has 24 heavy (non-hydrogen) atoms. The van der Waals surface area contributed by atoms with Crippen LogP contribution in [0, 0.1) is 0 Å². The number of alkyl halides is 2. The van der Waals surface area contributed by atoms with Crippen molar-refractivity contribution in [2.45, 2.75) is 32.4 Å². The first-order valence-electron chi connectivity index (χ1n) is 8.08. The quantitative estimate of drug-likeness (QED) is 0.910. The van der Waals surface area contributed by atoms with Crippen molar-refractivity contribution < 1.29 is 13.6 Å². The molecule has 3 rings (SSSR count). The number of rotatable bonds is 5. The molecule has 0 bridgehead atoms. The van der Waals surface area contributed by atoms with Crippen molar-refractivity contribution in [2.75, 3.05) is 18.4 Å². The van der Waals surface area contributed by atoms with Gasteiger partial charge in [0.25, 0.3) is 5.91 Å². The molecule has 2 aromatic rings. The van der Waals surface area contributed by atoms with Crippen LogP contribution in [0.25, 0.3) is 0 Å². The van der Waals surface area contributed by atoms with E-state index < -0.39 is 12.5 Å². The second-order valence-corrected chi connectivity index (χ2v) is 5.91. The fourth-order valence-electron chi connectivity index (χ4n) is 2.89. The van der Waals surface area contributed by atoms with Gasteiger partial charge in [-0.1, -0.05) is 24.6 Å². The van der Waals surface area contributed by atoms with E-state index in [1.165, 1.54) is 25.3 Å². The Morgan fingerprint density at radius 3 is 2.62 bits per heavy atom. The zero-order chi connectivity index (χ0) is 16.9. The number of hydrogen-bond acceptors (Lipinski definition) is 3. The van der Waals surface area contributed by atoms with E-state index in [1.54, 1.807) is 0 Å². The Hall–Kier alpha value is -2.28. The van der Waals surface area contributed by atoms with Gasteiger partial charge in [0.05, 0.1) is 0 Å². The highest BCUT2D eigenvalue weighted by molar-refractivity contribution is 6.03. The summed E-state index contributed by atoms with van der Waals surface area (Å²) in [6.07, 6.45) is 4.75. The molecule has 1 aromatic heterocycles. The molecule has 1 fully saturated rings.